The molecule has 0 heterocycles. The number of carbonyl (C=O) groups excluding carboxylic acids is 3. The molecule has 0 amide bonds. The molecule has 0 N–H and O–H groups in total. The fourth-order valence-corrected chi connectivity index (χ4v) is 7.40. The van der Waals surface area contributed by atoms with Crippen molar-refractivity contribution in [1.29, 1.82) is 0 Å². The van der Waals surface area contributed by atoms with E-state index in [0.717, 1.165) is 141 Å². The summed E-state index contributed by atoms with van der Waals surface area (Å²) >= 11 is 0. The first-order valence-corrected chi connectivity index (χ1v) is 29.3. The average molecular weight is 1010 g/mol. The second-order valence-electron chi connectivity index (χ2n) is 18.8. The molecule has 0 spiro atoms. The second kappa shape index (κ2) is 59.8. The fourth-order valence-electron chi connectivity index (χ4n) is 7.40. The molecule has 0 aliphatic heterocycles. The molecule has 0 aromatic rings. The minimum Gasteiger partial charge on any atom is -0.462 e. The second-order valence-corrected chi connectivity index (χ2v) is 18.8. The van der Waals surface area contributed by atoms with Gasteiger partial charge < -0.3 is 14.2 Å². The van der Waals surface area contributed by atoms with Crippen LogP contribution in [0.1, 0.15) is 239 Å². The Morgan fingerprint density at radius 3 is 0.836 bits per heavy atom. The number of hydrogen-bond acceptors (Lipinski definition) is 6. The Morgan fingerprint density at radius 1 is 0.288 bits per heavy atom. The van der Waals surface area contributed by atoms with Crippen LogP contribution in [0.15, 0.2) is 146 Å². The summed E-state index contributed by atoms with van der Waals surface area (Å²) in [6, 6.07) is 0. The van der Waals surface area contributed by atoms with Gasteiger partial charge in [-0.3, -0.25) is 14.4 Å². The zero-order valence-corrected chi connectivity index (χ0v) is 46.8. The lowest BCUT2D eigenvalue weighted by atomic mass is 10.1. The molecule has 6 heteroatoms. The first-order chi connectivity index (χ1) is 36.0. The van der Waals surface area contributed by atoms with Gasteiger partial charge >= 0.3 is 17.9 Å². The zero-order valence-electron chi connectivity index (χ0n) is 46.8. The number of rotatable bonds is 51. The van der Waals surface area contributed by atoms with Gasteiger partial charge in [0.15, 0.2) is 6.10 Å². The summed E-state index contributed by atoms with van der Waals surface area (Å²) in [7, 11) is 0. The fraction of sp³-hybridized carbons (Fsp3) is 0.597. The molecular formula is C67H106O6. The number of esters is 3. The van der Waals surface area contributed by atoms with Crippen molar-refractivity contribution in [2.24, 2.45) is 0 Å². The Balaban J connectivity index is 4.59. The number of ether oxygens (including phenoxy) is 3. The smallest absolute Gasteiger partial charge is 0.306 e. The van der Waals surface area contributed by atoms with Gasteiger partial charge in [-0.25, -0.2) is 0 Å². The Bertz CT molecular complexity index is 1630. The molecule has 0 unspecified atom stereocenters. The minimum atomic E-state index is -0.826. The lowest BCUT2D eigenvalue weighted by molar-refractivity contribution is -0.167. The van der Waals surface area contributed by atoms with E-state index in [1.54, 1.807) is 0 Å². The van der Waals surface area contributed by atoms with Crippen LogP contribution in [0.25, 0.3) is 0 Å². The summed E-state index contributed by atoms with van der Waals surface area (Å²) in [6.07, 6.45) is 85.4. The lowest BCUT2D eigenvalue weighted by Gasteiger charge is -2.18. The van der Waals surface area contributed by atoms with E-state index in [2.05, 4.69) is 167 Å². The summed E-state index contributed by atoms with van der Waals surface area (Å²) in [5.74, 6) is -1.01. The molecule has 0 radical (unpaired) electrons. The van der Waals surface area contributed by atoms with Crippen LogP contribution in [0.2, 0.25) is 0 Å². The number of unbranched alkanes of at least 4 members (excludes halogenated alkanes) is 16. The predicted molar refractivity (Wildman–Crippen MR) is 315 cm³/mol. The molecule has 6 nitrogen and oxygen atoms in total. The van der Waals surface area contributed by atoms with Crippen molar-refractivity contribution < 1.29 is 28.6 Å². The highest BCUT2D eigenvalue weighted by molar-refractivity contribution is 5.71. The highest BCUT2D eigenvalue weighted by Crippen LogP contribution is 2.12. The van der Waals surface area contributed by atoms with Gasteiger partial charge in [0.1, 0.15) is 13.2 Å². The van der Waals surface area contributed by atoms with Gasteiger partial charge in [0.05, 0.1) is 0 Å². The van der Waals surface area contributed by atoms with Gasteiger partial charge in [-0.2, -0.15) is 0 Å². The predicted octanol–water partition coefficient (Wildman–Crippen LogP) is 20.0. The Kier molecular flexibility index (Phi) is 56.0. The van der Waals surface area contributed by atoms with E-state index < -0.39 is 6.10 Å². The molecule has 1 atom stereocenters. The zero-order chi connectivity index (χ0) is 52.9. The minimum absolute atomic E-state index is 0.119. The molecule has 410 valence electrons. The van der Waals surface area contributed by atoms with Crippen molar-refractivity contribution >= 4 is 17.9 Å². The number of carbonyl (C=O) groups is 3. The van der Waals surface area contributed by atoms with Crippen molar-refractivity contribution in [2.45, 2.75) is 245 Å². The van der Waals surface area contributed by atoms with Gasteiger partial charge in [-0.05, 0) is 148 Å². The van der Waals surface area contributed by atoms with Crippen LogP contribution in [0.3, 0.4) is 0 Å². The Morgan fingerprint density at radius 2 is 0.534 bits per heavy atom. The monoisotopic (exact) mass is 1010 g/mol. The topological polar surface area (TPSA) is 78.9 Å². The maximum atomic E-state index is 12.9. The third-order valence-corrected chi connectivity index (χ3v) is 11.8. The first kappa shape index (κ1) is 68.3. The molecule has 0 bridgehead atoms. The standard InChI is InChI=1S/C67H106O6/c1-4-7-10-13-16-19-22-25-28-31-33-36-39-42-45-48-51-54-57-60-66(69)72-63-64(62-71-65(68)59-56-53-50-47-44-41-38-35-30-27-24-21-18-15-12-9-6-3)73-67(70)61-58-55-52-49-46-43-40-37-34-32-29-26-23-20-17-14-11-8-5-2/h7,10,16-21,25-30,33-34,36-38,41-43,45-46,64H,4-6,8-9,11-15,22-24,31-32,35,39-40,44,47-63H2,1-3H3/b10-7+,19-16+,20-17+,21-18+,28-25+,29-26+,30-27+,36-33+,37-34+,41-38+,45-42+,46-43+/t64-/m1/s1. The molecule has 0 saturated carbocycles. The quantitative estimate of drug-likeness (QED) is 0.0261. The van der Waals surface area contributed by atoms with E-state index in [4.69, 9.17) is 14.2 Å². The van der Waals surface area contributed by atoms with Crippen molar-refractivity contribution in [2.75, 3.05) is 13.2 Å². The number of allylic oxidation sites excluding steroid dienone is 24. The SMILES string of the molecule is CC/C=C/C/C=C/C/C=C/C/C=C/C/C=C/CCCCCC(=O)OC[C@@H](COC(=O)CCCCCC/C=C/C/C=C/C/C=C/CCCCC)OC(=O)CCCCC/C=C/C/C=C/C/C=C/C/C=C/CCCCC. The maximum Gasteiger partial charge on any atom is 0.306 e. The molecule has 0 aromatic carbocycles. The van der Waals surface area contributed by atoms with Crippen molar-refractivity contribution in [3.05, 3.63) is 146 Å². The molecule has 0 fully saturated rings. The van der Waals surface area contributed by atoms with Crippen molar-refractivity contribution in [3.63, 3.8) is 0 Å². The Labute approximate surface area is 448 Å². The third kappa shape index (κ3) is 58.1. The van der Waals surface area contributed by atoms with Gasteiger partial charge in [-0.1, -0.05) is 218 Å². The van der Waals surface area contributed by atoms with Gasteiger partial charge in [0.2, 0.25) is 0 Å². The summed E-state index contributed by atoms with van der Waals surface area (Å²) in [4.78, 5) is 38.2. The van der Waals surface area contributed by atoms with E-state index in [1.807, 2.05) is 0 Å². The highest BCUT2D eigenvalue weighted by atomic mass is 16.6. The van der Waals surface area contributed by atoms with Crippen LogP contribution in [0.5, 0.6) is 0 Å². The van der Waals surface area contributed by atoms with Crippen LogP contribution >= 0.6 is 0 Å². The van der Waals surface area contributed by atoms with E-state index in [1.165, 1.54) is 51.4 Å². The van der Waals surface area contributed by atoms with E-state index in [-0.39, 0.29) is 37.5 Å². The van der Waals surface area contributed by atoms with Gasteiger partial charge in [0.25, 0.3) is 0 Å². The van der Waals surface area contributed by atoms with E-state index in [9.17, 15) is 14.4 Å². The third-order valence-electron chi connectivity index (χ3n) is 11.8. The van der Waals surface area contributed by atoms with Crippen LogP contribution < -0.4 is 0 Å². The molecule has 0 rings (SSSR count). The molecule has 0 saturated heterocycles. The summed E-state index contributed by atoms with van der Waals surface area (Å²) in [5.41, 5.74) is 0. The Hall–Kier alpha value is -4.71. The lowest BCUT2D eigenvalue weighted by Crippen LogP contribution is -2.30. The van der Waals surface area contributed by atoms with Gasteiger partial charge in [-0.15, -0.1) is 0 Å². The molecule has 0 aliphatic carbocycles. The van der Waals surface area contributed by atoms with Crippen molar-refractivity contribution in [1.82, 2.24) is 0 Å². The normalized spacial score (nSPS) is 13.2. The van der Waals surface area contributed by atoms with Crippen LogP contribution in [0, 0.1) is 0 Å². The highest BCUT2D eigenvalue weighted by Gasteiger charge is 2.19. The average Bonchev–Trinajstić information content (AvgIpc) is 3.39. The van der Waals surface area contributed by atoms with Gasteiger partial charge in [0, 0.05) is 19.3 Å². The summed E-state index contributed by atoms with van der Waals surface area (Å²) in [5, 5.41) is 0. The van der Waals surface area contributed by atoms with E-state index >= 15 is 0 Å². The first-order valence-electron chi connectivity index (χ1n) is 29.3. The van der Waals surface area contributed by atoms with Crippen LogP contribution in [-0.2, 0) is 28.6 Å². The molecule has 0 aromatic heterocycles. The van der Waals surface area contributed by atoms with Crippen LogP contribution in [0.4, 0.5) is 0 Å². The maximum absolute atomic E-state index is 12.9. The van der Waals surface area contributed by atoms with Crippen LogP contribution in [-0.4, -0.2) is 37.2 Å². The molecular weight excluding hydrogens is 901 g/mol. The summed E-state index contributed by atoms with van der Waals surface area (Å²) < 4.78 is 16.8. The van der Waals surface area contributed by atoms with E-state index in [0.29, 0.717) is 19.3 Å². The largest absolute Gasteiger partial charge is 0.462 e. The molecule has 0 aliphatic rings. The number of hydrogen-bond donors (Lipinski definition) is 0. The summed E-state index contributed by atoms with van der Waals surface area (Å²) in [6.45, 7) is 6.38. The van der Waals surface area contributed by atoms with Crippen molar-refractivity contribution in [3.8, 4) is 0 Å². The molecule has 73 heavy (non-hydrogen) atoms.